The van der Waals surface area contributed by atoms with Crippen molar-refractivity contribution in [2.24, 2.45) is 0 Å². The number of benzene rings is 1. The van der Waals surface area contributed by atoms with Gasteiger partial charge in [-0.25, -0.2) is 0 Å². The molecule has 1 amide bonds. The zero-order valence-corrected chi connectivity index (χ0v) is 12.0. The summed E-state index contributed by atoms with van der Waals surface area (Å²) >= 11 is 1.77. The number of nitrogen functional groups attached to an aromatic ring is 1. The van der Waals surface area contributed by atoms with Gasteiger partial charge < -0.3 is 11.1 Å². The number of nitrogens with two attached hydrogens (primary N) is 1. The van der Waals surface area contributed by atoms with E-state index in [0.717, 1.165) is 17.9 Å². The summed E-state index contributed by atoms with van der Waals surface area (Å²) in [6.07, 6.45) is 2.06. The Morgan fingerprint density at radius 1 is 1.50 bits per heavy atom. The van der Waals surface area contributed by atoms with Crippen molar-refractivity contribution in [2.45, 2.75) is 6.92 Å². The maximum absolute atomic E-state index is 11.8. The molecule has 3 N–H and O–H groups in total. The fourth-order valence-electron chi connectivity index (χ4n) is 1.56. The molecule has 0 heterocycles. The van der Waals surface area contributed by atoms with Crippen LogP contribution in [0.3, 0.4) is 0 Å². The van der Waals surface area contributed by atoms with Crippen LogP contribution in [0.4, 0.5) is 11.4 Å². The van der Waals surface area contributed by atoms with Crippen molar-refractivity contribution in [3.8, 4) is 0 Å². The van der Waals surface area contributed by atoms with Gasteiger partial charge in [-0.2, -0.15) is 11.8 Å². The first kappa shape index (κ1) is 14.9. The number of carbonyl (C=O) groups is 1. The number of thioether (sulfide) groups is 1. The van der Waals surface area contributed by atoms with E-state index >= 15 is 0 Å². The van der Waals surface area contributed by atoms with Crippen LogP contribution in [0.25, 0.3) is 0 Å². The van der Waals surface area contributed by atoms with Crippen molar-refractivity contribution in [2.75, 3.05) is 43.2 Å². The second-order valence-electron chi connectivity index (χ2n) is 4.37. The number of amides is 1. The van der Waals surface area contributed by atoms with E-state index in [1.807, 2.05) is 37.1 Å². The number of anilines is 2. The first-order chi connectivity index (χ1) is 8.52. The van der Waals surface area contributed by atoms with Crippen molar-refractivity contribution in [1.29, 1.82) is 0 Å². The molecule has 0 fully saturated rings. The number of hydrogen-bond acceptors (Lipinski definition) is 4. The average Bonchev–Trinajstić information content (AvgIpc) is 2.30. The Labute approximate surface area is 113 Å². The predicted molar refractivity (Wildman–Crippen MR) is 80.1 cm³/mol. The maximum atomic E-state index is 11.8. The summed E-state index contributed by atoms with van der Waals surface area (Å²) in [5, 5.41) is 2.83. The Morgan fingerprint density at radius 3 is 2.83 bits per heavy atom. The van der Waals surface area contributed by atoms with Gasteiger partial charge >= 0.3 is 0 Å². The maximum Gasteiger partial charge on any atom is 0.238 e. The van der Waals surface area contributed by atoms with Crippen molar-refractivity contribution in [3.05, 3.63) is 23.8 Å². The molecule has 1 aromatic rings. The summed E-state index contributed by atoms with van der Waals surface area (Å²) in [6, 6.07) is 5.63. The Morgan fingerprint density at radius 2 is 2.22 bits per heavy atom. The van der Waals surface area contributed by atoms with Crippen LogP contribution in [0.5, 0.6) is 0 Å². The number of hydrogen-bond donors (Lipinski definition) is 2. The summed E-state index contributed by atoms with van der Waals surface area (Å²) in [5.41, 5.74) is 8.23. The zero-order valence-electron chi connectivity index (χ0n) is 11.2. The summed E-state index contributed by atoms with van der Waals surface area (Å²) in [7, 11) is 1.94. The monoisotopic (exact) mass is 267 g/mol. The fraction of sp³-hybridized carbons (Fsp3) is 0.462. The molecule has 100 valence electrons. The summed E-state index contributed by atoms with van der Waals surface area (Å²) in [4.78, 5) is 13.8. The third-order valence-corrected chi connectivity index (χ3v) is 3.16. The van der Waals surface area contributed by atoms with Gasteiger partial charge in [0.15, 0.2) is 0 Å². The van der Waals surface area contributed by atoms with Gasteiger partial charge in [0.1, 0.15) is 0 Å². The molecule has 5 heteroatoms. The van der Waals surface area contributed by atoms with Gasteiger partial charge in [0.2, 0.25) is 5.91 Å². The molecule has 4 nitrogen and oxygen atoms in total. The number of aryl methyl sites for hydroxylation is 1. The van der Waals surface area contributed by atoms with E-state index in [4.69, 9.17) is 5.73 Å². The lowest BCUT2D eigenvalue weighted by atomic mass is 10.2. The molecule has 0 bridgehead atoms. The lowest BCUT2D eigenvalue weighted by Crippen LogP contribution is -2.31. The Balaban J connectivity index is 2.49. The molecule has 0 aliphatic rings. The number of rotatable bonds is 6. The van der Waals surface area contributed by atoms with Crippen molar-refractivity contribution >= 4 is 29.0 Å². The predicted octanol–water partition coefficient (Wildman–Crippen LogP) is 1.81. The molecule has 0 unspecified atom stereocenters. The van der Waals surface area contributed by atoms with Crippen LogP contribution in [0.15, 0.2) is 18.2 Å². The highest BCUT2D eigenvalue weighted by atomic mass is 32.2. The van der Waals surface area contributed by atoms with Crippen LogP contribution < -0.4 is 11.1 Å². The van der Waals surface area contributed by atoms with E-state index in [1.165, 1.54) is 0 Å². The summed E-state index contributed by atoms with van der Waals surface area (Å²) < 4.78 is 0. The molecular weight excluding hydrogens is 246 g/mol. The van der Waals surface area contributed by atoms with Gasteiger partial charge in [0, 0.05) is 12.3 Å². The first-order valence-electron chi connectivity index (χ1n) is 5.86. The largest absolute Gasteiger partial charge is 0.397 e. The van der Waals surface area contributed by atoms with Crippen molar-refractivity contribution in [1.82, 2.24) is 4.90 Å². The lowest BCUT2D eigenvalue weighted by molar-refractivity contribution is -0.117. The SMILES string of the molecule is CSCCN(C)CC(=O)Nc1ccc(C)cc1N. The van der Waals surface area contributed by atoms with Gasteiger partial charge in [-0.15, -0.1) is 0 Å². The Bertz CT molecular complexity index is 409. The van der Waals surface area contributed by atoms with Crippen LogP contribution in [-0.4, -0.2) is 43.0 Å². The van der Waals surface area contributed by atoms with E-state index in [9.17, 15) is 4.79 Å². The fourth-order valence-corrected chi connectivity index (χ4v) is 2.05. The summed E-state index contributed by atoms with van der Waals surface area (Å²) in [5.74, 6) is 0.991. The second-order valence-corrected chi connectivity index (χ2v) is 5.36. The Hall–Kier alpha value is -1.20. The van der Waals surface area contributed by atoms with Crippen LogP contribution >= 0.6 is 11.8 Å². The Kier molecular flexibility index (Phi) is 6.01. The minimum absolute atomic E-state index is 0.0332. The molecular formula is C13H21N3OS. The van der Waals surface area contributed by atoms with Gasteiger partial charge in [-0.1, -0.05) is 6.07 Å². The van der Waals surface area contributed by atoms with Crippen LogP contribution in [-0.2, 0) is 4.79 Å². The molecule has 0 aliphatic heterocycles. The number of nitrogens with zero attached hydrogens (tertiary/aromatic N) is 1. The first-order valence-corrected chi connectivity index (χ1v) is 7.25. The van der Waals surface area contributed by atoms with Crippen molar-refractivity contribution in [3.63, 3.8) is 0 Å². The molecule has 0 aromatic heterocycles. The normalized spacial score (nSPS) is 10.7. The zero-order chi connectivity index (χ0) is 13.5. The molecule has 0 aliphatic carbocycles. The molecule has 0 spiro atoms. The lowest BCUT2D eigenvalue weighted by Gasteiger charge is -2.16. The summed E-state index contributed by atoms with van der Waals surface area (Å²) in [6.45, 7) is 3.25. The molecule has 1 aromatic carbocycles. The van der Waals surface area contributed by atoms with E-state index in [2.05, 4.69) is 11.6 Å². The third kappa shape index (κ3) is 4.98. The van der Waals surface area contributed by atoms with E-state index < -0.39 is 0 Å². The van der Waals surface area contributed by atoms with Gasteiger partial charge in [-0.05, 0) is 37.9 Å². The quantitative estimate of drug-likeness (QED) is 0.772. The molecule has 1 rings (SSSR count). The number of nitrogens with one attached hydrogen (secondary N) is 1. The van der Waals surface area contributed by atoms with E-state index in [-0.39, 0.29) is 5.91 Å². The van der Waals surface area contributed by atoms with E-state index in [1.54, 1.807) is 11.8 Å². The van der Waals surface area contributed by atoms with Crippen molar-refractivity contribution < 1.29 is 4.79 Å². The van der Waals surface area contributed by atoms with Crippen LogP contribution in [0, 0.1) is 6.92 Å². The standard InChI is InChI=1S/C13H21N3OS/c1-10-4-5-12(11(14)8-10)15-13(17)9-16(2)6-7-18-3/h4-5,8H,6-7,9,14H2,1-3H3,(H,15,17). The number of likely N-dealkylation sites (N-methyl/N-ethyl adjacent to an activating group) is 1. The third-order valence-electron chi connectivity index (χ3n) is 2.57. The smallest absolute Gasteiger partial charge is 0.238 e. The van der Waals surface area contributed by atoms with E-state index in [0.29, 0.717) is 17.9 Å². The number of carbonyl (C=O) groups excluding carboxylic acids is 1. The van der Waals surface area contributed by atoms with Gasteiger partial charge in [0.25, 0.3) is 0 Å². The van der Waals surface area contributed by atoms with Crippen LogP contribution in [0.1, 0.15) is 5.56 Å². The molecule has 0 atom stereocenters. The topological polar surface area (TPSA) is 58.4 Å². The highest BCUT2D eigenvalue weighted by molar-refractivity contribution is 7.98. The van der Waals surface area contributed by atoms with Crippen LogP contribution in [0.2, 0.25) is 0 Å². The highest BCUT2D eigenvalue weighted by Gasteiger charge is 2.08. The minimum atomic E-state index is -0.0332. The van der Waals surface area contributed by atoms with Gasteiger partial charge in [-0.3, -0.25) is 9.69 Å². The molecule has 18 heavy (non-hydrogen) atoms. The minimum Gasteiger partial charge on any atom is -0.397 e. The molecule has 0 saturated heterocycles. The molecule has 0 saturated carbocycles. The average molecular weight is 267 g/mol. The van der Waals surface area contributed by atoms with Gasteiger partial charge in [0.05, 0.1) is 17.9 Å². The second kappa shape index (κ2) is 7.28. The highest BCUT2D eigenvalue weighted by Crippen LogP contribution is 2.19. The molecule has 0 radical (unpaired) electrons.